The Labute approximate surface area is 201 Å². The van der Waals surface area contributed by atoms with Crippen LogP contribution in [0.1, 0.15) is 46.6 Å². The van der Waals surface area contributed by atoms with Gasteiger partial charge in [0.2, 0.25) is 0 Å². The van der Waals surface area contributed by atoms with Gasteiger partial charge in [0.15, 0.2) is 9.84 Å². The summed E-state index contributed by atoms with van der Waals surface area (Å²) in [7, 11) is -3.23. The number of aryl methyl sites for hydroxylation is 2. The van der Waals surface area contributed by atoms with Crippen LogP contribution < -0.4 is 5.32 Å². The second-order valence-electron chi connectivity index (χ2n) is 8.55. The molecule has 1 heterocycles. The molecule has 0 saturated carbocycles. The summed E-state index contributed by atoms with van der Waals surface area (Å²) < 4.78 is 26.2. The van der Waals surface area contributed by atoms with Gasteiger partial charge in [-0.25, -0.2) is 8.42 Å². The van der Waals surface area contributed by atoms with Crippen molar-refractivity contribution in [1.82, 2.24) is 9.88 Å². The molecule has 0 fully saturated rings. The minimum Gasteiger partial charge on any atom is -0.348 e. The van der Waals surface area contributed by atoms with Gasteiger partial charge in [-0.2, -0.15) is 0 Å². The van der Waals surface area contributed by atoms with Crippen molar-refractivity contribution in [2.45, 2.75) is 45.2 Å². The SMILES string of the molecule is CCn1c(Cc2ccc(C)cc2)cc2cc(C(=O)NCc3ccc(S(=O)(=O)CC)cc3)ccc21. The van der Waals surface area contributed by atoms with Crippen LogP contribution in [0.2, 0.25) is 0 Å². The Hall–Kier alpha value is -3.38. The van der Waals surface area contributed by atoms with E-state index in [0.717, 1.165) is 29.4 Å². The van der Waals surface area contributed by atoms with Crippen molar-refractivity contribution in [3.8, 4) is 0 Å². The van der Waals surface area contributed by atoms with E-state index in [0.29, 0.717) is 17.0 Å². The molecule has 1 N–H and O–H groups in total. The van der Waals surface area contributed by atoms with Crippen LogP contribution in [0.15, 0.2) is 77.7 Å². The number of nitrogens with one attached hydrogen (secondary N) is 1. The molecule has 0 spiro atoms. The van der Waals surface area contributed by atoms with Gasteiger partial charge in [0, 0.05) is 41.7 Å². The first-order valence-electron chi connectivity index (χ1n) is 11.6. The highest BCUT2D eigenvalue weighted by molar-refractivity contribution is 7.91. The highest BCUT2D eigenvalue weighted by Gasteiger charge is 2.13. The average Bonchev–Trinajstić information content (AvgIpc) is 3.20. The number of rotatable bonds is 8. The average molecular weight is 475 g/mol. The molecular weight excluding hydrogens is 444 g/mol. The summed E-state index contributed by atoms with van der Waals surface area (Å²) in [4.78, 5) is 13.1. The number of carbonyl (C=O) groups is 1. The first kappa shape index (κ1) is 23.8. The molecule has 0 aliphatic carbocycles. The van der Waals surface area contributed by atoms with Crippen LogP contribution in [0.4, 0.5) is 0 Å². The van der Waals surface area contributed by atoms with E-state index in [1.54, 1.807) is 31.2 Å². The van der Waals surface area contributed by atoms with E-state index in [1.165, 1.54) is 16.8 Å². The van der Waals surface area contributed by atoms with Crippen molar-refractivity contribution >= 4 is 26.6 Å². The summed E-state index contributed by atoms with van der Waals surface area (Å²) in [6.45, 7) is 7.04. The fraction of sp³-hybridized carbons (Fsp3) is 0.250. The van der Waals surface area contributed by atoms with E-state index >= 15 is 0 Å². The Morgan fingerprint density at radius 1 is 0.882 bits per heavy atom. The number of amides is 1. The second kappa shape index (κ2) is 9.85. The standard InChI is InChI=1S/C28H30N2O3S/c1-4-30-25(16-21-8-6-20(3)7-9-21)18-24-17-23(12-15-27(24)30)28(31)29-19-22-10-13-26(14-11-22)34(32,33)5-2/h6-15,17-18H,4-5,16,19H2,1-3H3,(H,29,31). The minimum atomic E-state index is -3.23. The van der Waals surface area contributed by atoms with Gasteiger partial charge in [0.25, 0.3) is 5.91 Å². The molecule has 4 aromatic rings. The molecule has 176 valence electrons. The summed E-state index contributed by atoms with van der Waals surface area (Å²) in [6.07, 6.45) is 0.841. The first-order chi connectivity index (χ1) is 16.3. The molecule has 0 radical (unpaired) electrons. The lowest BCUT2D eigenvalue weighted by atomic mass is 10.1. The predicted molar refractivity (Wildman–Crippen MR) is 137 cm³/mol. The topological polar surface area (TPSA) is 68.2 Å². The molecule has 1 aromatic heterocycles. The lowest BCUT2D eigenvalue weighted by Crippen LogP contribution is -2.22. The van der Waals surface area contributed by atoms with Gasteiger partial charge in [0.05, 0.1) is 10.6 Å². The maximum Gasteiger partial charge on any atom is 0.251 e. The summed E-state index contributed by atoms with van der Waals surface area (Å²) in [5, 5.41) is 3.98. The van der Waals surface area contributed by atoms with Gasteiger partial charge in [-0.05, 0) is 61.4 Å². The van der Waals surface area contributed by atoms with E-state index in [2.05, 4.69) is 54.1 Å². The minimum absolute atomic E-state index is 0.0675. The maximum absolute atomic E-state index is 12.8. The third-order valence-corrected chi connectivity index (χ3v) is 7.94. The third kappa shape index (κ3) is 5.07. The summed E-state index contributed by atoms with van der Waals surface area (Å²) in [6, 6.07) is 23.2. The van der Waals surface area contributed by atoms with Crippen molar-refractivity contribution in [3.63, 3.8) is 0 Å². The molecule has 6 heteroatoms. The van der Waals surface area contributed by atoms with E-state index in [9.17, 15) is 13.2 Å². The number of fused-ring (bicyclic) bond motifs is 1. The molecule has 0 bridgehead atoms. The zero-order valence-corrected chi connectivity index (χ0v) is 20.7. The Balaban J connectivity index is 1.49. The number of sulfone groups is 1. The molecule has 0 aliphatic heterocycles. The number of benzene rings is 3. The van der Waals surface area contributed by atoms with Crippen molar-refractivity contribution in [2.75, 3.05) is 5.75 Å². The largest absolute Gasteiger partial charge is 0.348 e. The van der Waals surface area contributed by atoms with Crippen LogP contribution in [-0.4, -0.2) is 24.6 Å². The normalized spacial score (nSPS) is 11.6. The van der Waals surface area contributed by atoms with Gasteiger partial charge in [-0.15, -0.1) is 0 Å². The maximum atomic E-state index is 12.8. The van der Waals surface area contributed by atoms with Gasteiger partial charge >= 0.3 is 0 Å². The second-order valence-corrected chi connectivity index (χ2v) is 10.8. The molecule has 0 unspecified atom stereocenters. The Morgan fingerprint density at radius 3 is 2.21 bits per heavy atom. The van der Waals surface area contributed by atoms with E-state index in [4.69, 9.17) is 0 Å². The first-order valence-corrected chi connectivity index (χ1v) is 13.2. The molecule has 3 aromatic carbocycles. The van der Waals surface area contributed by atoms with Crippen LogP contribution in [0.5, 0.6) is 0 Å². The number of hydrogen-bond acceptors (Lipinski definition) is 3. The van der Waals surface area contributed by atoms with Crippen molar-refractivity contribution in [3.05, 3.63) is 101 Å². The number of carbonyl (C=O) groups excluding carboxylic acids is 1. The van der Waals surface area contributed by atoms with E-state index in [1.807, 2.05) is 18.2 Å². The summed E-state index contributed by atoms with van der Waals surface area (Å²) in [5.41, 5.74) is 6.31. The number of hydrogen-bond donors (Lipinski definition) is 1. The quantitative estimate of drug-likeness (QED) is 0.378. The monoisotopic (exact) mass is 474 g/mol. The lowest BCUT2D eigenvalue weighted by molar-refractivity contribution is 0.0951. The zero-order chi connectivity index (χ0) is 24.3. The van der Waals surface area contributed by atoms with Gasteiger partial charge in [-0.1, -0.05) is 48.9 Å². The van der Waals surface area contributed by atoms with Crippen LogP contribution in [0.25, 0.3) is 10.9 Å². The summed E-state index contributed by atoms with van der Waals surface area (Å²) >= 11 is 0. The van der Waals surface area contributed by atoms with E-state index in [-0.39, 0.29) is 11.7 Å². The van der Waals surface area contributed by atoms with E-state index < -0.39 is 9.84 Å². The van der Waals surface area contributed by atoms with Gasteiger partial charge in [0.1, 0.15) is 0 Å². The molecule has 34 heavy (non-hydrogen) atoms. The summed E-state index contributed by atoms with van der Waals surface area (Å²) in [5.74, 6) is -0.0885. The number of aromatic nitrogens is 1. The predicted octanol–water partition coefficient (Wildman–Crippen LogP) is 5.28. The molecule has 1 amide bonds. The molecule has 0 atom stereocenters. The van der Waals surface area contributed by atoms with Crippen LogP contribution >= 0.6 is 0 Å². The molecule has 5 nitrogen and oxygen atoms in total. The highest BCUT2D eigenvalue weighted by atomic mass is 32.2. The smallest absolute Gasteiger partial charge is 0.251 e. The molecule has 4 rings (SSSR count). The number of nitrogens with zero attached hydrogens (tertiary/aromatic N) is 1. The lowest BCUT2D eigenvalue weighted by Gasteiger charge is -2.09. The van der Waals surface area contributed by atoms with Crippen molar-refractivity contribution in [1.29, 1.82) is 0 Å². The fourth-order valence-electron chi connectivity index (χ4n) is 4.17. The fourth-order valence-corrected chi connectivity index (χ4v) is 5.05. The van der Waals surface area contributed by atoms with Crippen LogP contribution in [0.3, 0.4) is 0 Å². The molecule has 0 aliphatic rings. The zero-order valence-electron chi connectivity index (χ0n) is 19.8. The van der Waals surface area contributed by atoms with Crippen molar-refractivity contribution < 1.29 is 13.2 Å². The molecular formula is C28H30N2O3S. The van der Waals surface area contributed by atoms with Crippen LogP contribution in [-0.2, 0) is 29.3 Å². The Morgan fingerprint density at radius 2 is 1.56 bits per heavy atom. The van der Waals surface area contributed by atoms with Gasteiger partial charge in [-0.3, -0.25) is 4.79 Å². The van der Waals surface area contributed by atoms with Crippen molar-refractivity contribution in [2.24, 2.45) is 0 Å². The third-order valence-electron chi connectivity index (χ3n) is 6.19. The Kier molecular flexibility index (Phi) is 6.89. The Bertz CT molecular complexity index is 1420. The molecule has 0 saturated heterocycles. The van der Waals surface area contributed by atoms with Gasteiger partial charge < -0.3 is 9.88 Å². The van der Waals surface area contributed by atoms with Crippen LogP contribution in [0, 0.1) is 6.92 Å². The highest BCUT2D eigenvalue weighted by Crippen LogP contribution is 2.24.